The van der Waals surface area contributed by atoms with E-state index in [1.54, 1.807) is 36.0 Å². The molecule has 0 saturated heterocycles. The molecule has 0 bridgehead atoms. The van der Waals surface area contributed by atoms with Crippen LogP contribution in [0, 0.1) is 0 Å². The monoisotopic (exact) mass is 296 g/mol. The molecule has 0 aliphatic heterocycles. The fraction of sp³-hybridized carbons (Fsp3) is 0.133. The molecule has 0 saturated carbocycles. The molecule has 3 heterocycles. The molecular formula is C15H12N4O3. The molecule has 0 aromatic carbocycles. The first kappa shape index (κ1) is 13.9. The molecular weight excluding hydrogens is 284 g/mol. The van der Waals surface area contributed by atoms with Gasteiger partial charge in [0, 0.05) is 19.4 Å². The smallest absolute Gasteiger partial charge is 0.343 e. The van der Waals surface area contributed by atoms with Crippen LogP contribution in [0.15, 0.2) is 41.7 Å². The second-order valence-electron chi connectivity index (χ2n) is 4.61. The normalized spacial score (nSPS) is 10.6. The van der Waals surface area contributed by atoms with Crippen molar-refractivity contribution in [1.82, 2.24) is 19.5 Å². The van der Waals surface area contributed by atoms with Crippen molar-refractivity contribution in [2.24, 2.45) is 7.05 Å². The number of esters is 1. The Morgan fingerprint density at radius 3 is 2.73 bits per heavy atom. The van der Waals surface area contributed by atoms with Crippen LogP contribution in [0.25, 0.3) is 22.4 Å². The highest BCUT2D eigenvalue weighted by molar-refractivity contribution is 5.96. The average molecular weight is 296 g/mol. The van der Waals surface area contributed by atoms with Crippen LogP contribution in [0.1, 0.15) is 10.4 Å². The van der Waals surface area contributed by atoms with Gasteiger partial charge in [-0.2, -0.15) is 0 Å². The number of carbonyl (C=O) groups is 1. The summed E-state index contributed by atoms with van der Waals surface area (Å²) in [6.45, 7) is 0. The van der Waals surface area contributed by atoms with E-state index in [0.29, 0.717) is 17.0 Å². The zero-order chi connectivity index (χ0) is 15.7. The van der Waals surface area contributed by atoms with Crippen molar-refractivity contribution in [2.45, 2.75) is 0 Å². The number of fused-ring (bicyclic) bond motifs is 1. The van der Waals surface area contributed by atoms with E-state index < -0.39 is 11.4 Å². The van der Waals surface area contributed by atoms with Crippen molar-refractivity contribution in [2.75, 3.05) is 7.11 Å². The van der Waals surface area contributed by atoms with Gasteiger partial charge in [0.1, 0.15) is 23.2 Å². The van der Waals surface area contributed by atoms with E-state index in [2.05, 4.69) is 19.7 Å². The van der Waals surface area contributed by atoms with Crippen LogP contribution >= 0.6 is 0 Å². The van der Waals surface area contributed by atoms with E-state index >= 15 is 0 Å². The van der Waals surface area contributed by atoms with E-state index in [-0.39, 0.29) is 10.9 Å². The summed E-state index contributed by atoms with van der Waals surface area (Å²) < 4.78 is 6.25. The second-order valence-corrected chi connectivity index (χ2v) is 4.61. The first-order chi connectivity index (χ1) is 10.6. The second kappa shape index (κ2) is 5.36. The van der Waals surface area contributed by atoms with Crippen molar-refractivity contribution >= 4 is 17.0 Å². The number of hydrogen-bond acceptors (Lipinski definition) is 6. The maximum atomic E-state index is 12.7. The van der Waals surface area contributed by atoms with Crippen molar-refractivity contribution in [3.63, 3.8) is 0 Å². The van der Waals surface area contributed by atoms with Crippen LogP contribution in [-0.2, 0) is 11.8 Å². The Labute approximate surface area is 125 Å². The van der Waals surface area contributed by atoms with Gasteiger partial charge in [-0.1, -0.05) is 6.07 Å². The molecule has 0 atom stereocenters. The summed E-state index contributed by atoms with van der Waals surface area (Å²) in [5.74, 6) is -0.696. The lowest BCUT2D eigenvalue weighted by molar-refractivity contribution is 0.0598. The number of aromatic nitrogens is 4. The Balaban J connectivity index is 2.43. The molecule has 110 valence electrons. The van der Waals surface area contributed by atoms with Gasteiger partial charge in [0.25, 0.3) is 0 Å². The van der Waals surface area contributed by atoms with Gasteiger partial charge in [-0.3, -0.25) is 9.78 Å². The molecule has 0 amide bonds. The van der Waals surface area contributed by atoms with E-state index in [9.17, 15) is 9.59 Å². The van der Waals surface area contributed by atoms with E-state index in [0.717, 1.165) is 0 Å². The number of aryl methyl sites for hydroxylation is 1. The number of rotatable bonds is 2. The highest BCUT2D eigenvalue weighted by atomic mass is 16.5. The van der Waals surface area contributed by atoms with Gasteiger partial charge in [-0.15, -0.1) is 0 Å². The van der Waals surface area contributed by atoms with E-state index in [4.69, 9.17) is 0 Å². The van der Waals surface area contributed by atoms with Crippen molar-refractivity contribution < 1.29 is 9.53 Å². The van der Waals surface area contributed by atoms with Crippen molar-refractivity contribution in [3.05, 3.63) is 52.7 Å². The third-order valence-corrected chi connectivity index (χ3v) is 3.27. The highest BCUT2D eigenvalue weighted by Gasteiger charge is 2.19. The molecule has 7 nitrogen and oxygen atoms in total. The SMILES string of the molecule is COC(=O)c1cn(C)c2ncnc(-c3ccccn3)c2c1=O. The van der Waals surface area contributed by atoms with Crippen LogP contribution in [0.2, 0.25) is 0 Å². The van der Waals surface area contributed by atoms with E-state index in [1.807, 2.05) is 0 Å². The van der Waals surface area contributed by atoms with Crippen LogP contribution < -0.4 is 5.43 Å². The highest BCUT2D eigenvalue weighted by Crippen LogP contribution is 2.21. The third kappa shape index (κ3) is 2.12. The predicted molar refractivity (Wildman–Crippen MR) is 79.3 cm³/mol. The molecule has 22 heavy (non-hydrogen) atoms. The van der Waals surface area contributed by atoms with Gasteiger partial charge >= 0.3 is 5.97 Å². The quantitative estimate of drug-likeness (QED) is 0.660. The molecule has 0 fully saturated rings. The molecule has 0 aliphatic rings. The third-order valence-electron chi connectivity index (χ3n) is 3.27. The first-order valence-corrected chi connectivity index (χ1v) is 6.47. The Bertz CT molecular complexity index is 919. The number of hydrogen-bond donors (Lipinski definition) is 0. The number of nitrogens with zero attached hydrogens (tertiary/aromatic N) is 4. The van der Waals surface area contributed by atoms with Gasteiger partial charge in [0.2, 0.25) is 5.43 Å². The minimum absolute atomic E-state index is 0.0653. The largest absolute Gasteiger partial charge is 0.465 e. The molecule has 0 spiro atoms. The number of methoxy groups -OCH3 is 1. The lowest BCUT2D eigenvalue weighted by atomic mass is 10.1. The standard InChI is InChI=1S/C15H12N4O3/c1-19-7-9(15(21)22-2)13(20)11-12(17-8-18-14(11)19)10-5-3-4-6-16-10/h3-8H,1-2H3. The average Bonchev–Trinajstić information content (AvgIpc) is 2.57. The lowest BCUT2D eigenvalue weighted by Gasteiger charge is -2.09. The van der Waals surface area contributed by atoms with Crippen molar-refractivity contribution in [1.29, 1.82) is 0 Å². The summed E-state index contributed by atoms with van der Waals surface area (Å²) in [7, 11) is 2.93. The number of ether oxygens (including phenoxy) is 1. The summed E-state index contributed by atoms with van der Waals surface area (Å²) in [5.41, 5.74) is 0.810. The zero-order valence-corrected chi connectivity index (χ0v) is 12.0. The summed E-state index contributed by atoms with van der Waals surface area (Å²) in [6.07, 6.45) is 4.38. The number of pyridine rings is 2. The van der Waals surface area contributed by atoms with Crippen LogP contribution in [0.3, 0.4) is 0 Å². The maximum absolute atomic E-state index is 12.7. The number of carbonyl (C=O) groups excluding carboxylic acids is 1. The fourth-order valence-corrected chi connectivity index (χ4v) is 2.25. The minimum atomic E-state index is -0.696. The summed E-state index contributed by atoms with van der Waals surface area (Å²) in [4.78, 5) is 36.9. The first-order valence-electron chi connectivity index (χ1n) is 6.47. The summed E-state index contributed by atoms with van der Waals surface area (Å²) in [5, 5.41) is 0.242. The van der Waals surface area contributed by atoms with E-state index in [1.165, 1.54) is 19.6 Å². The Kier molecular flexibility index (Phi) is 3.38. The Morgan fingerprint density at radius 2 is 2.05 bits per heavy atom. The topological polar surface area (TPSA) is 87.0 Å². The molecule has 3 aromatic heterocycles. The predicted octanol–water partition coefficient (Wildman–Crippen LogP) is 1.18. The van der Waals surface area contributed by atoms with Gasteiger partial charge < -0.3 is 9.30 Å². The molecule has 0 N–H and O–H groups in total. The Morgan fingerprint density at radius 1 is 1.23 bits per heavy atom. The molecule has 7 heteroatoms. The zero-order valence-electron chi connectivity index (χ0n) is 12.0. The maximum Gasteiger partial charge on any atom is 0.343 e. The van der Waals surface area contributed by atoms with Gasteiger partial charge in [-0.25, -0.2) is 14.8 Å². The lowest BCUT2D eigenvalue weighted by Crippen LogP contribution is -2.20. The van der Waals surface area contributed by atoms with Gasteiger partial charge in [0.15, 0.2) is 0 Å². The molecule has 0 aliphatic carbocycles. The van der Waals surface area contributed by atoms with Gasteiger partial charge in [-0.05, 0) is 12.1 Å². The summed E-state index contributed by atoms with van der Waals surface area (Å²) >= 11 is 0. The van der Waals surface area contributed by atoms with Crippen molar-refractivity contribution in [3.8, 4) is 11.4 Å². The molecule has 0 radical (unpaired) electrons. The molecule has 0 unspecified atom stereocenters. The van der Waals surface area contributed by atoms with Gasteiger partial charge in [0.05, 0.1) is 18.2 Å². The fourth-order valence-electron chi connectivity index (χ4n) is 2.25. The minimum Gasteiger partial charge on any atom is -0.465 e. The molecule has 3 aromatic rings. The Hall–Kier alpha value is -3.09. The summed E-state index contributed by atoms with van der Waals surface area (Å²) in [6, 6.07) is 5.31. The van der Waals surface area contributed by atoms with Crippen LogP contribution in [0.4, 0.5) is 0 Å². The van der Waals surface area contributed by atoms with Crippen LogP contribution in [-0.4, -0.2) is 32.6 Å². The molecule has 3 rings (SSSR count). The van der Waals surface area contributed by atoms with Crippen LogP contribution in [0.5, 0.6) is 0 Å².